The Balaban J connectivity index is 3.30. The van der Waals surface area contributed by atoms with E-state index in [1.54, 1.807) is 0 Å². The van der Waals surface area contributed by atoms with Crippen molar-refractivity contribution in [2.45, 2.75) is 18.9 Å². The highest BCUT2D eigenvalue weighted by Gasteiger charge is 2.09. The van der Waals surface area contributed by atoms with E-state index in [4.69, 9.17) is 16.7 Å². The number of hydrazine groups is 2. The summed E-state index contributed by atoms with van der Waals surface area (Å²) in [5.41, 5.74) is 9.87. The lowest BCUT2D eigenvalue weighted by Gasteiger charge is -2.03. The molecule has 1 unspecified atom stereocenters. The molecule has 7 nitrogen and oxygen atoms in total. The Morgan fingerprint density at radius 2 is 2.38 bits per heavy atom. The van der Waals surface area contributed by atoms with Crippen LogP contribution in [0.1, 0.15) is 12.8 Å². The van der Waals surface area contributed by atoms with Crippen molar-refractivity contribution >= 4 is 12.3 Å². The van der Waals surface area contributed by atoms with Gasteiger partial charge in [0.15, 0.2) is 0 Å². The van der Waals surface area contributed by atoms with Crippen LogP contribution in [-0.2, 0) is 4.79 Å². The van der Waals surface area contributed by atoms with Gasteiger partial charge in [0.2, 0.25) is 0 Å². The molecule has 0 aliphatic carbocycles. The van der Waals surface area contributed by atoms with Crippen LogP contribution in [0.25, 0.3) is 0 Å². The molecule has 0 spiro atoms. The summed E-state index contributed by atoms with van der Waals surface area (Å²) >= 11 is 0. The molecule has 0 aromatic rings. The molecule has 0 amide bonds. The van der Waals surface area contributed by atoms with Crippen molar-refractivity contribution < 1.29 is 9.90 Å². The number of hydrogen-bond donors (Lipinski definition) is 5. The maximum atomic E-state index is 10.3. The second-order valence-electron chi connectivity index (χ2n) is 2.41. The molecule has 0 aromatic carbocycles. The number of carbonyl (C=O) groups is 1. The lowest BCUT2D eigenvalue weighted by molar-refractivity contribution is -0.138. The predicted molar refractivity (Wildman–Crippen MR) is 48.7 cm³/mol. The Hall–Kier alpha value is -1.18. The third-order valence-electron chi connectivity index (χ3n) is 1.36. The molecular formula is C6H15N5O2. The van der Waals surface area contributed by atoms with Gasteiger partial charge < -0.3 is 10.8 Å². The van der Waals surface area contributed by atoms with E-state index in [1.807, 2.05) is 0 Å². The molecule has 76 valence electrons. The van der Waals surface area contributed by atoms with Crippen LogP contribution >= 0.6 is 0 Å². The zero-order valence-corrected chi connectivity index (χ0v) is 7.23. The Kier molecular flexibility index (Phi) is 6.79. The van der Waals surface area contributed by atoms with E-state index in [1.165, 1.54) is 6.34 Å². The van der Waals surface area contributed by atoms with Gasteiger partial charge in [0.25, 0.3) is 0 Å². The number of hydrogen-bond acceptors (Lipinski definition) is 5. The molecule has 0 radical (unpaired) electrons. The molecule has 0 rings (SSSR count). The van der Waals surface area contributed by atoms with E-state index in [2.05, 4.69) is 16.0 Å². The van der Waals surface area contributed by atoms with Crippen molar-refractivity contribution in [3.05, 3.63) is 0 Å². The fourth-order valence-electron chi connectivity index (χ4n) is 0.673. The van der Waals surface area contributed by atoms with Crippen molar-refractivity contribution in [3.8, 4) is 0 Å². The van der Waals surface area contributed by atoms with Crippen molar-refractivity contribution in [1.82, 2.24) is 11.0 Å². The van der Waals surface area contributed by atoms with E-state index in [0.717, 1.165) is 0 Å². The third-order valence-corrected chi connectivity index (χ3v) is 1.36. The second kappa shape index (κ2) is 7.47. The van der Waals surface area contributed by atoms with Gasteiger partial charge in [0.1, 0.15) is 6.04 Å². The van der Waals surface area contributed by atoms with E-state index >= 15 is 0 Å². The number of carboxylic acids is 1. The van der Waals surface area contributed by atoms with Gasteiger partial charge in [0.05, 0.1) is 6.34 Å². The summed E-state index contributed by atoms with van der Waals surface area (Å²) in [5.74, 6) is 3.90. The molecule has 7 heteroatoms. The molecule has 1 atom stereocenters. The van der Waals surface area contributed by atoms with E-state index in [-0.39, 0.29) is 0 Å². The number of rotatable bonds is 7. The monoisotopic (exact) mass is 189 g/mol. The average Bonchev–Trinajstić information content (AvgIpc) is 2.10. The molecular weight excluding hydrogens is 174 g/mol. The van der Waals surface area contributed by atoms with Crippen LogP contribution in [-0.4, -0.2) is 30.0 Å². The van der Waals surface area contributed by atoms with Gasteiger partial charge in [-0.3, -0.25) is 21.1 Å². The predicted octanol–water partition coefficient (Wildman–Crippen LogP) is -1.83. The molecule has 0 heterocycles. The highest BCUT2D eigenvalue weighted by atomic mass is 16.4. The number of carboxylic acid groups (broad SMARTS) is 1. The van der Waals surface area contributed by atoms with Gasteiger partial charge in [-0.1, -0.05) is 0 Å². The first-order valence-corrected chi connectivity index (χ1v) is 3.86. The number of aliphatic imine (C=N–C) groups is 1. The number of nitrogens with one attached hydrogen (secondary N) is 2. The molecule has 0 aromatic heterocycles. The van der Waals surface area contributed by atoms with Crippen molar-refractivity contribution in [1.29, 1.82) is 0 Å². The molecule has 7 N–H and O–H groups in total. The molecule has 0 fully saturated rings. The normalized spacial score (nSPS) is 13.1. The first-order chi connectivity index (χ1) is 6.18. The Morgan fingerprint density at radius 3 is 2.92 bits per heavy atom. The van der Waals surface area contributed by atoms with Crippen molar-refractivity contribution in [3.63, 3.8) is 0 Å². The quantitative estimate of drug-likeness (QED) is 0.105. The molecule has 0 saturated carbocycles. The second-order valence-corrected chi connectivity index (χ2v) is 2.41. The Labute approximate surface area is 76.1 Å². The lowest BCUT2D eigenvalue weighted by atomic mass is 10.2. The topological polar surface area (TPSA) is 126 Å². The van der Waals surface area contributed by atoms with E-state index in [9.17, 15) is 4.79 Å². The molecule has 0 bridgehead atoms. The first kappa shape index (κ1) is 11.8. The zero-order chi connectivity index (χ0) is 10.1. The van der Waals surface area contributed by atoms with Gasteiger partial charge in [-0.2, -0.15) is 5.53 Å². The largest absolute Gasteiger partial charge is 0.480 e. The number of aliphatic carboxylic acids is 1. The third kappa shape index (κ3) is 7.19. The summed E-state index contributed by atoms with van der Waals surface area (Å²) < 4.78 is 0. The van der Waals surface area contributed by atoms with Crippen LogP contribution in [0, 0.1) is 0 Å². The summed E-state index contributed by atoms with van der Waals surface area (Å²) in [6.07, 6.45) is 2.45. The first-order valence-electron chi connectivity index (χ1n) is 3.86. The smallest absolute Gasteiger partial charge is 0.320 e. The average molecular weight is 189 g/mol. The fraction of sp³-hybridized carbons (Fsp3) is 0.667. The lowest BCUT2D eigenvalue weighted by Crippen LogP contribution is -2.36. The summed E-state index contributed by atoms with van der Waals surface area (Å²) in [6.45, 7) is 0.523. The van der Waals surface area contributed by atoms with Crippen LogP contribution in [0.2, 0.25) is 0 Å². The molecule has 0 saturated heterocycles. The zero-order valence-electron chi connectivity index (χ0n) is 7.23. The summed E-state index contributed by atoms with van der Waals surface area (Å²) in [6, 6.07) is -0.796. The van der Waals surface area contributed by atoms with Crippen LogP contribution in [0.3, 0.4) is 0 Å². The molecule has 0 aliphatic rings. The maximum absolute atomic E-state index is 10.3. The highest BCUT2D eigenvalue weighted by Crippen LogP contribution is 1.94. The number of nitrogens with two attached hydrogens (primary N) is 2. The van der Waals surface area contributed by atoms with Crippen molar-refractivity contribution in [2.75, 3.05) is 6.54 Å². The Bertz CT molecular complexity index is 172. The van der Waals surface area contributed by atoms with Gasteiger partial charge in [-0.15, -0.1) is 0 Å². The van der Waals surface area contributed by atoms with Gasteiger partial charge in [0, 0.05) is 6.54 Å². The summed E-state index contributed by atoms with van der Waals surface area (Å²) in [7, 11) is 0. The van der Waals surface area contributed by atoms with Gasteiger partial charge in [-0.05, 0) is 12.8 Å². The minimum absolute atomic E-state index is 0.419. The standard InChI is InChI=1S/C6H15N5O2/c7-5(6(12)13)2-1-3-9-4-10-11-8/h4-5,11H,1-3,7-8H2,(H,9,10)(H,12,13). The SMILES string of the molecule is NNNC=NCCCC(N)C(=O)O. The van der Waals surface area contributed by atoms with Crippen LogP contribution in [0.4, 0.5) is 0 Å². The minimum Gasteiger partial charge on any atom is -0.480 e. The number of nitrogens with zero attached hydrogens (tertiary/aromatic N) is 1. The van der Waals surface area contributed by atoms with Gasteiger partial charge >= 0.3 is 5.97 Å². The van der Waals surface area contributed by atoms with Crippen molar-refractivity contribution in [2.24, 2.45) is 16.6 Å². The van der Waals surface area contributed by atoms with Crippen LogP contribution in [0.5, 0.6) is 0 Å². The van der Waals surface area contributed by atoms with Gasteiger partial charge in [-0.25, -0.2) is 0 Å². The van der Waals surface area contributed by atoms with E-state index in [0.29, 0.717) is 19.4 Å². The molecule has 13 heavy (non-hydrogen) atoms. The minimum atomic E-state index is -0.981. The van der Waals surface area contributed by atoms with Crippen LogP contribution < -0.4 is 22.5 Å². The highest BCUT2D eigenvalue weighted by molar-refractivity contribution is 5.72. The fourth-order valence-corrected chi connectivity index (χ4v) is 0.673. The summed E-state index contributed by atoms with van der Waals surface area (Å²) in [4.78, 5) is 14.1. The maximum Gasteiger partial charge on any atom is 0.320 e. The van der Waals surface area contributed by atoms with Crippen LogP contribution in [0.15, 0.2) is 4.99 Å². The Morgan fingerprint density at radius 1 is 1.69 bits per heavy atom. The summed E-state index contributed by atoms with van der Waals surface area (Å²) in [5, 5.41) is 8.42. The molecule has 0 aliphatic heterocycles. The van der Waals surface area contributed by atoms with E-state index < -0.39 is 12.0 Å².